The molecule has 0 spiro atoms. The molecule has 23 heavy (non-hydrogen) atoms. The molecule has 0 aromatic carbocycles. The van der Waals surface area contributed by atoms with E-state index in [2.05, 4.69) is 4.74 Å². The maximum atomic E-state index is 14.6. The molecule has 132 valence electrons. The zero-order chi connectivity index (χ0) is 17.7. The SMILES string of the molecule is COC(C(F)(F)F)C1(C=C(F)B2OC(C)(C)C(C)(C)O2)CCC1. The van der Waals surface area contributed by atoms with E-state index < -0.39 is 41.7 Å². The molecule has 0 radical (unpaired) electrons. The van der Waals surface area contributed by atoms with Crippen LogP contribution in [0.5, 0.6) is 0 Å². The van der Waals surface area contributed by atoms with Crippen molar-refractivity contribution in [2.75, 3.05) is 7.11 Å². The zero-order valence-corrected chi connectivity index (χ0v) is 14.1. The highest BCUT2D eigenvalue weighted by Gasteiger charge is 2.58. The molecular weight excluding hydrogens is 315 g/mol. The minimum Gasteiger partial charge on any atom is -0.398 e. The van der Waals surface area contributed by atoms with Crippen molar-refractivity contribution in [2.24, 2.45) is 5.41 Å². The predicted octanol–water partition coefficient (Wildman–Crippen LogP) is 4.22. The molecule has 0 aromatic rings. The zero-order valence-electron chi connectivity index (χ0n) is 14.1. The summed E-state index contributed by atoms with van der Waals surface area (Å²) in [4.78, 5) is 0. The van der Waals surface area contributed by atoms with Gasteiger partial charge in [-0.1, -0.05) is 6.42 Å². The number of alkyl halides is 3. The third-order valence-corrected chi connectivity index (χ3v) is 5.24. The second-order valence-corrected chi connectivity index (χ2v) is 7.36. The third kappa shape index (κ3) is 3.30. The fourth-order valence-corrected chi connectivity index (χ4v) is 3.06. The van der Waals surface area contributed by atoms with Crippen molar-refractivity contribution in [3.63, 3.8) is 0 Å². The van der Waals surface area contributed by atoms with E-state index in [0.29, 0.717) is 6.42 Å². The summed E-state index contributed by atoms with van der Waals surface area (Å²) in [5.41, 5.74) is -3.71. The molecule has 0 N–H and O–H groups in total. The van der Waals surface area contributed by atoms with Crippen LogP contribution < -0.4 is 0 Å². The number of rotatable bonds is 4. The van der Waals surface area contributed by atoms with Crippen LogP contribution in [0.3, 0.4) is 0 Å². The Kier molecular flexibility index (Phi) is 4.68. The summed E-state index contributed by atoms with van der Waals surface area (Å²) in [5.74, 6) is 0. The summed E-state index contributed by atoms with van der Waals surface area (Å²) in [5, 5.41) is 0. The van der Waals surface area contributed by atoms with Gasteiger partial charge in [-0.25, -0.2) is 4.39 Å². The molecule has 8 heteroatoms. The first-order chi connectivity index (χ1) is 10.3. The van der Waals surface area contributed by atoms with Crippen LogP contribution >= 0.6 is 0 Å². The topological polar surface area (TPSA) is 27.7 Å². The Bertz CT molecular complexity index is 468. The Balaban J connectivity index is 2.25. The van der Waals surface area contributed by atoms with Crippen molar-refractivity contribution < 1.29 is 31.6 Å². The van der Waals surface area contributed by atoms with Gasteiger partial charge >= 0.3 is 13.3 Å². The monoisotopic (exact) mass is 338 g/mol. The average Bonchev–Trinajstić information content (AvgIpc) is 2.54. The van der Waals surface area contributed by atoms with Crippen LogP contribution in [0.2, 0.25) is 0 Å². The highest BCUT2D eigenvalue weighted by atomic mass is 19.4. The fraction of sp³-hybridized carbons (Fsp3) is 0.867. The lowest BCUT2D eigenvalue weighted by atomic mass is 9.63. The standard InChI is InChI=1S/C15H23BF4O3/c1-12(2)13(3,4)23-16(22-12)10(17)9-14(7-6-8-14)11(21-5)15(18,19)20/h9,11H,6-8H2,1-5H3. The highest BCUT2D eigenvalue weighted by Crippen LogP contribution is 2.52. The first-order valence-corrected chi connectivity index (χ1v) is 7.68. The minimum atomic E-state index is -4.55. The van der Waals surface area contributed by atoms with E-state index in [1.54, 1.807) is 27.7 Å². The maximum Gasteiger partial charge on any atom is 0.524 e. The Labute approximate surface area is 134 Å². The minimum absolute atomic E-state index is 0.220. The molecule has 3 nitrogen and oxygen atoms in total. The number of ether oxygens (including phenoxy) is 1. The van der Waals surface area contributed by atoms with Crippen molar-refractivity contribution in [1.29, 1.82) is 0 Å². The Morgan fingerprint density at radius 1 is 1.13 bits per heavy atom. The average molecular weight is 338 g/mol. The van der Waals surface area contributed by atoms with Gasteiger partial charge in [0.25, 0.3) is 0 Å². The van der Waals surface area contributed by atoms with E-state index in [9.17, 15) is 17.6 Å². The van der Waals surface area contributed by atoms with Crippen molar-refractivity contribution in [1.82, 2.24) is 0 Å². The van der Waals surface area contributed by atoms with Gasteiger partial charge in [0, 0.05) is 12.5 Å². The van der Waals surface area contributed by atoms with E-state index in [1.165, 1.54) is 0 Å². The van der Waals surface area contributed by atoms with Gasteiger partial charge in [0.2, 0.25) is 0 Å². The van der Waals surface area contributed by atoms with Gasteiger partial charge in [0.15, 0.2) is 6.10 Å². The number of hydrogen-bond donors (Lipinski definition) is 0. The summed E-state index contributed by atoms with van der Waals surface area (Å²) >= 11 is 0. The van der Waals surface area contributed by atoms with E-state index in [4.69, 9.17) is 9.31 Å². The van der Waals surface area contributed by atoms with Crippen LogP contribution in [0.1, 0.15) is 47.0 Å². The van der Waals surface area contributed by atoms with Gasteiger partial charge in [0.1, 0.15) is 5.73 Å². The molecule has 1 heterocycles. The first-order valence-electron chi connectivity index (χ1n) is 7.68. The summed E-state index contributed by atoms with van der Waals surface area (Å²) in [6, 6.07) is 0. The molecular formula is C15H23BF4O3. The van der Waals surface area contributed by atoms with Crippen molar-refractivity contribution in [2.45, 2.75) is 70.4 Å². The molecule has 0 bridgehead atoms. The summed E-state index contributed by atoms with van der Waals surface area (Å²) in [7, 11) is -0.290. The normalized spacial score (nSPS) is 27.7. The van der Waals surface area contributed by atoms with Crippen LogP contribution in [0.4, 0.5) is 17.6 Å². The van der Waals surface area contributed by atoms with E-state index in [0.717, 1.165) is 13.2 Å². The van der Waals surface area contributed by atoms with Crippen molar-refractivity contribution >= 4 is 7.12 Å². The lowest BCUT2D eigenvalue weighted by Crippen LogP contribution is -2.50. The number of methoxy groups -OCH3 is 1. The van der Waals surface area contributed by atoms with E-state index in [1.807, 2.05) is 0 Å². The molecule has 2 rings (SSSR count). The van der Waals surface area contributed by atoms with Crippen LogP contribution in [0, 0.1) is 5.41 Å². The molecule has 1 aliphatic heterocycles. The molecule has 0 aromatic heterocycles. The Hall–Kier alpha value is -0.595. The third-order valence-electron chi connectivity index (χ3n) is 5.24. The van der Waals surface area contributed by atoms with Crippen LogP contribution in [-0.4, -0.2) is 37.7 Å². The molecule has 1 unspecified atom stereocenters. The predicted molar refractivity (Wildman–Crippen MR) is 78.4 cm³/mol. The van der Waals surface area contributed by atoms with Gasteiger partial charge < -0.3 is 14.0 Å². The van der Waals surface area contributed by atoms with Gasteiger partial charge in [-0.15, -0.1) is 0 Å². The molecule has 1 atom stereocenters. The summed E-state index contributed by atoms with van der Waals surface area (Å²) in [6.45, 7) is 7.03. The lowest BCUT2D eigenvalue weighted by molar-refractivity contribution is -0.251. The van der Waals surface area contributed by atoms with Gasteiger partial charge in [0.05, 0.1) is 11.2 Å². The van der Waals surface area contributed by atoms with Gasteiger partial charge in [-0.2, -0.15) is 13.2 Å². The van der Waals surface area contributed by atoms with Gasteiger partial charge in [-0.05, 0) is 46.6 Å². The molecule has 2 fully saturated rings. The number of halogens is 4. The Morgan fingerprint density at radius 2 is 1.61 bits per heavy atom. The molecule has 2 aliphatic rings. The molecule has 1 saturated carbocycles. The molecule has 1 saturated heterocycles. The van der Waals surface area contributed by atoms with Crippen LogP contribution in [0.15, 0.2) is 11.8 Å². The summed E-state index contributed by atoms with van der Waals surface area (Å²) < 4.78 is 69.9. The smallest absolute Gasteiger partial charge is 0.398 e. The second kappa shape index (κ2) is 5.74. The Morgan fingerprint density at radius 3 is 1.91 bits per heavy atom. The van der Waals surface area contributed by atoms with Crippen LogP contribution in [0.25, 0.3) is 0 Å². The molecule has 0 amide bonds. The maximum absolute atomic E-state index is 14.6. The lowest BCUT2D eigenvalue weighted by Gasteiger charge is -2.45. The second-order valence-electron chi connectivity index (χ2n) is 7.36. The largest absolute Gasteiger partial charge is 0.524 e. The first kappa shape index (κ1) is 18.7. The van der Waals surface area contributed by atoms with Crippen LogP contribution in [-0.2, 0) is 14.0 Å². The highest BCUT2D eigenvalue weighted by molar-refractivity contribution is 6.53. The number of hydrogen-bond acceptors (Lipinski definition) is 3. The van der Waals surface area contributed by atoms with E-state index in [-0.39, 0.29) is 12.8 Å². The quantitative estimate of drug-likeness (QED) is 0.567. The molecule has 1 aliphatic carbocycles. The summed E-state index contributed by atoms with van der Waals surface area (Å²) in [6.07, 6.45) is -4.54. The van der Waals surface area contributed by atoms with Gasteiger partial charge in [-0.3, -0.25) is 0 Å². The van der Waals surface area contributed by atoms with Crippen molar-refractivity contribution in [3.05, 3.63) is 11.8 Å². The van der Waals surface area contributed by atoms with Crippen molar-refractivity contribution in [3.8, 4) is 0 Å². The fourth-order valence-electron chi connectivity index (χ4n) is 3.06. The van der Waals surface area contributed by atoms with E-state index >= 15 is 0 Å².